The van der Waals surface area contributed by atoms with Gasteiger partial charge in [-0.15, -0.1) is 0 Å². The Hall–Kier alpha value is -0.610. The lowest BCUT2D eigenvalue weighted by Gasteiger charge is -2.32. The Morgan fingerprint density at radius 1 is 1.00 bits per heavy atom. The minimum Gasteiger partial charge on any atom is -0.427 e. The van der Waals surface area contributed by atoms with E-state index < -0.39 is 11.6 Å². The molecule has 0 aromatic carbocycles. The predicted octanol–water partition coefficient (Wildman–Crippen LogP) is 3.13. The van der Waals surface area contributed by atoms with Gasteiger partial charge in [-0.3, -0.25) is 9.53 Å². The lowest BCUT2D eigenvalue weighted by molar-refractivity contribution is -0.167. The Morgan fingerprint density at radius 3 is 2.00 bits per heavy atom. The summed E-state index contributed by atoms with van der Waals surface area (Å²) in [5.41, 5.74) is 0. The van der Waals surface area contributed by atoms with Gasteiger partial charge in [0.1, 0.15) is 0 Å². The number of rotatable bonds is 3. The van der Waals surface area contributed by atoms with Gasteiger partial charge in [0.2, 0.25) is 5.79 Å². The summed E-state index contributed by atoms with van der Waals surface area (Å²) in [5.74, 6) is -2.32. The minimum atomic E-state index is -1.22. The van der Waals surface area contributed by atoms with Crippen molar-refractivity contribution in [2.45, 2.75) is 82.7 Å². The Kier molecular flexibility index (Phi) is 3.80. The Balaban J connectivity index is 1.79. The number of esters is 1. The number of aliphatic hydroxyl groups is 1. The maximum Gasteiger partial charge on any atom is 0.305 e. The van der Waals surface area contributed by atoms with Crippen molar-refractivity contribution in [2.75, 3.05) is 0 Å². The zero-order chi connectivity index (χ0) is 14.2. The maximum absolute atomic E-state index is 11.5. The van der Waals surface area contributed by atoms with Gasteiger partial charge in [-0.1, -0.05) is 38.5 Å². The lowest BCUT2D eigenvalue weighted by Crippen LogP contribution is -2.43. The van der Waals surface area contributed by atoms with Crippen molar-refractivity contribution in [3.63, 3.8) is 0 Å². The molecule has 3 fully saturated rings. The third-order valence-corrected chi connectivity index (χ3v) is 5.36. The molecule has 20 heavy (non-hydrogen) atoms. The number of hydrogen-bond acceptors (Lipinski definition) is 4. The van der Waals surface area contributed by atoms with Crippen LogP contribution in [0.2, 0.25) is 0 Å². The van der Waals surface area contributed by atoms with Crippen LogP contribution in [0.15, 0.2) is 0 Å². The molecule has 1 saturated heterocycles. The first-order valence-electron chi connectivity index (χ1n) is 8.20. The van der Waals surface area contributed by atoms with Crippen molar-refractivity contribution < 1.29 is 19.4 Å². The Labute approximate surface area is 120 Å². The summed E-state index contributed by atoms with van der Waals surface area (Å²) in [5, 5.41) is 11.0. The molecule has 1 heterocycles. The number of epoxide rings is 1. The molecule has 0 aromatic rings. The van der Waals surface area contributed by atoms with Crippen LogP contribution in [0, 0.1) is 11.8 Å². The highest BCUT2D eigenvalue weighted by molar-refractivity contribution is 5.67. The van der Waals surface area contributed by atoms with E-state index in [9.17, 15) is 9.90 Å². The van der Waals surface area contributed by atoms with Crippen molar-refractivity contribution in [3.05, 3.63) is 0 Å². The van der Waals surface area contributed by atoms with Gasteiger partial charge < -0.3 is 9.84 Å². The average Bonchev–Trinajstić information content (AvgIpc) is 3.07. The van der Waals surface area contributed by atoms with Crippen LogP contribution in [0.5, 0.6) is 0 Å². The monoisotopic (exact) mass is 282 g/mol. The van der Waals surface area contributed by atoms with Gasteiger partial charge in [0, 0.05) is 18.8 Å². The fourth-order valence-corrected chi connectivity index (χ4v) is 4.32. The molecule has 1 N–H and O–H groups in total. The van der Waals surface area contributed by atoms with Crippen LogP contribution in [0.4, 0.5) is 0 Å². The summed E-state index contributed by atoms with van der Waals surface area (Å²) in [6.45, 7) is 1.41. The highest BCUT2D eigenvalue weighted by Crippen LogP contribution is 2.61. The molecule has 114 valence electrons. The molecule has 3 rings (SSSR count). The molecule has 2 aliphatic carbocycles. The third kappa shape index (κ3) is 2.27. The fraction of sp³-hybridized carbons (Fsp3) is 0.938. The molecular weight excluding hydrogens is 256 g/mol. The molecule has 0 amide bonds. The number of ether oxygens (including phenoxy) is 2. The topological polar surface area (TPSA) is 59.1 Å². The van der Waals surface area contributed by atoms with E-state index in [4.69, 9.17) is 9.47 Å². The van der Waals surface area contributed by atoms with E-state index in [2.05, 4.69) is 0 Å². The first-order valence-corrected chi connectivity index (χ1v) is 8.20. The van der Waals surface area contributed by atoms with Gasteiger partial charge in [0.15, 0.2) is 0 Å². The Bertz CT molecular complexity index is 371. The van der Waals surface area contributed by atoms with E-state index in [0.717, 1.165) is 51.4 Å². The predicted molar refractivity (Wildman–Crippen MR) is 73.7 cm³/mol. The quantitative estimate of drug-likeness (QED) is 0.638. The van der Waals surface area contributed by atoms with Crippen molar-refractivity contribution in [1.82, 2.24) is 0 Å². The van der Waals surface area contributed by atoms with Crippen molar-refractivity contribution >= 4 is 5.97 Å². The molecular formula is C16H26O4. The van der Waals surface area contributed by atoms with E-state index >= 15 is 0 Å². The van der Waals surface area contributed by atoms with Crippen LogP contribution in [0.1, 0.15) is 71.1 Å². The first-order chi connectivity index (χ1) is 9.58. The van der Waals surface area contributed by atoms with E-state index in [1.807, 2.05) is 0 Å². The van der Waals surface area contributed by atoms with E-state index in [-0.39, 0.29) is 17.8 Å². The van der Waals surface area contributed by atoms with Crippen LogP contribution in [-0.2, 0) is 14.3 Å². The summed E-state index contributed by atoms with van der Waals surface area (Å²) in [7, 11) is 0. The molecule has 4 nitrogen and oxygen atoms in total. The number of hydrogen-bond donors (Lipinski definition) is 1. The van der Waals surface area contributed by atoms with E-state index in [1.54, 1.807) is 0 Å². The fourth-order valence-electron chi connectivity index (χ4n) is 4.32. The summed E-state index contributed by atoms with van der Waals surface area (Å²) >= 11 is 0. The zero-order valence-corrected chi connectivity index (χ0v) is 12.4. The van der Waals surface area contributed by atoms with Crippen molar-refractivity contribution in [1.29, 1.82) is 0 Å². The van der Waals surface area contributed by atoms with Crippen LogP contribution < -0.4 is 0 Å². The summed E-state index contributed by atoms with van der Waals surface area (Å²) < 4.78 is 11.3. The van der Waals surface area contributed by atoms with E-state index in [0.29, 0.717) is 0 Å². The highest BCUT2D eigenvalue weighted by atomic mass is 16.9. The zero-order valence-electron chi connectivity index (χ0n) is 12.4. The molecule has 2 saturated carbocycles. The third-order valence-electron chi connectivity index (χ3n) is 5.36. The van der Waals surface area contributed by atoms with Crippen LogP contribution in [-0.4, -0.2) is 22.7 Å². The van der Waals surface area contributed by atoms with Crippen molar-refractivity contribution in [3.8, 4) is 0 Å². The maximum atomic E-state index is 11.5. The number of carbonyl (C=O) groups is 1. The largest absolute Gasteiger partial charge is 0.427 e. The second kappa shape index (κ2) is 5.30. The second-order valence-corrected chi connectivity index (χ2v) is 6.73. The molecule has 0 aromatic heterocycles. The lowest BCUT2D eigenvalue weighted by atomic mass is 9.76. The average molecular weight is 282 g/mol. The summed E-state index contributed by atoms with van der Waals surface area (Å²) in [6, 6.07) is 0. The standard InChI is InChI=1S/C16H26O4/c1-12(17)19-16(14-10-6-3-7-11-14)15(18,20-16)13-8-4-2-5-9-13/h13-14,18H,2-11H2,1H3. The first kappa shape index (κ1) is 14.3. The molecule has 1 aliphatic heterocycles. The smallest absolute Gasteiger partial charge is 0.305 e. The molecule has 0 spiro atoms. The molecule has 3 aliphatic rings. The van der Waals surface area contributed by atoms with Gasteiger partial charge in [-0.25, -0.2) is 0 Å². The van der Waals surface area contributed by atoms with Gasteiger partial charge in [-0.2, -0.15) is 0 Å². The minimum absolute atomic E-state index is 0.123. The van der Waals surface area contributed by atoms with Gasteiger partial charge >= 0.3 is 5.97 Å². The van der Waals surface area contributed by atoms with Crippen molar-refractivity contribution in [2.24, 2.45) is 11.8 Å². The number of carbonyl (C=O) groups excluding carboxylic acids is 1. The van der Waals surface area contributed by atoms with Gasteiger partial charge in [0.25, 0.3) is 5.79 Å². The second-order valence-electron chi connectivity index (χ2n) is 6.73. The SMILES string of the molecule is CC(=O)OC1(C2CCCCC2)OC1(O)C1CCCCC1. The molecule has 0 radical (unpaired) electrons. The molecule has 2 atom stereocenters. The summed E-state index contributed by atoms with van der Waals surface area (Å²) in [4.78, 5) is 11.5. The highest BCUT2D eigenvalue weighted by Gasteiger charge is 2.79. The van der Waals surface area contributed by atoms with Crippen LogP contribution in [0.3, 0.4) is 0 Å². The molecule has 4 heteroatoms. The normalized spacial score (nSPS) is 39.5. The van der Waals surface area contributed by atoms with Gasteiger partial charge in [-0.05, 0) is 25.7 Å². The van der Waals surface area contributed by atoms with Crippen LogP contribution >= 0.6 is 0 Å². The molecule has 2 unspecified atom stereocenters. The Morgan fingerprint density at radius 2 is 1.50 bits per heavy atom. The summed E-state index contributed by atoms with van der Waals surface area (Å²) in [6.07, 6.45) is 10.9. The molecule has 0 bridgehead atoms. The van der Waals surface area contributed by atoms with Gasteiger partial charge in [0.05, 0.1) is 0 Å². The van der Waals surface area contributed by atoms with E-state index in [1.165, 1.54) is 19.8 Å². The van der Waals surface area contributed by atoms with Crippen LogP contribution in [0.25, 0.3) is 0 Å².